The van der Waals surface area contributed by atoms with Crippen molar-refractivity contribution in [2.45, 2.75) is 46.5 Å². The van der Waals surface area contributed by atoms with Crippen LogP contribution < -0.4 is 10.6 Å². The Labute approximate surface area is 110 Å². The molecule has 0 bridgehead atoms. The molecule has 0 saturated heterocycles. The van der Waals surface area contributed by atoms with E-state index in [2.05, 4.69) is 34.4 Å². The molecule has 0 amide bonds. The molecule has 1 saturated carbocycles. The summed E-state index contributed by atoms with van der Waals surface area (Å²) >= 11 is 0. The van der Waals surface area contributed by atoms with Gasteiger partial charge in [-0.2, -0.15) is 0 Å². The van der Waals surface area contributed by atoms with Gasteiger partial charge in [-0.1, -0.05) is 12.8 Å². The molecule has 0 aliphatic heterocycles. The van der Waals surface area contributed by atoms with Gasteiger partial charge in [0.05, 0.1) is 0 Å². The third-order valence-corrected chi connectivity index (χ3v) is 3.63. The van der Waals surface area contributed by atoms with Gasteiger partial charge in [0.15, 0.2) is 0 Å². The lowest BCUT2D eigenvalue weighted by Gasteiger charge is -2.15. The van der Waals surface area contributed by atoms with Crippen LogP contribution in [0, 0.1) is 19.8 Å². The highest BCUT2D eigenvalue weighted by Crippen LogP contribution is 2.26. The summed E-state index contributed by atoms with van der Waals surface area (Å²) in [7, 11) is 0. The summed E-state index contributed by atoms with van der Waals surface area (Å²) in [5.74, 6) is 3.59. The maximum absolute atomic E-state index is 4.51. The first-order chi connectivity index (χ1) is 8.70. The number of nitrogens with one attached hydrogen (secondary N) is 2. The van der Waals surface area contributed by atoms with E-state index in [1.807, 2.05) is 6.92 Å². The molecule has 0 spiro atoms. The Morgan fingerprint density at radius 3 is 2.28 bits per heavy atom. The van der Waals surface area contributed by atoms with Crippen LogP contribution in [0.2, 0.25) is 0 Å². The van der Waals surface area contributed by atoms with Crippen LogP contribution in [-0.4, -0.2) is 23.1 Å². The highest BCUT2D eigenvalue weighted by molar-refractivity contribution is 5.57. The molecule has 2 rings (SSSR count). The summed E-state index contributed by atoms with van der Waals surface area (Å²) < 4.78 is 0. The first kappa shape index (κ1) is 13.1. The van der Waals surface area contributed by atoms with Crippen molar-refractivity contribution in [3.8, 4) is 0 Å². The van der Waals surface area contributed by atoms with Crippen LogP contribution in [0.1, 0.15) is 44.0 Å². The van der Waals surface area contributed by atoms with E-state index >= 15 is 0 Å². The topological polar surface area (TPSA) is 49.8 Å². The van der Waals surface area contributed by atoms with Crippen LogP contribution in [0.25, 0.3) is 0 Å². The molecule has 1 aliphatic carbocycles. The minimum atomic E-state index is 0.822. The van der Waals surface area contributed by atoms with Crippen molar-refractivity contribution >= 4 is 11.6 Å². The van der Waals surface area contributed by atoms with E-state index in [1.165, 1.54) is 25.7 Å². The third kappa shape index (κ3) is 3.12. The lowest BCUT2D eigenvalue weighted by Crippen LogP contribution is -2.15. The molecule has 1 fully saturated rings. The molecule has 18 heavy (non-hydrogen) atoms. The van der Waals surface area contributed by atoms with Gasteiger partial charge in [0, 0.05) is 18.7 Å². The van der Waals surface area contributed by atoms with E-state index in [-0.39, 0.29) is 0 Å². The van der Waals surface area contributed by atoms with Gasteiger partial charge in [0.25, 0.3) is 0 Å². The fourth-order valence-corrected chi connectivity index (χ4v) is 2.60. The number of anilines is 2. The van der Waals surface area contributed by atoms with Crippen LogP contribution in [0.4, 0.5) is 11.6 Å². The van der Waals surface area contributed by atoms with Gasteiger partial charge in [-0.3, -0.25) is 0 Å². The second-order valence-electron chi connectivity index (χ2n) is 5.15. The molecule has 0 aromatic carbocycles. The van der Waals surface area contributed by atoms with Gasteiger partial charge in [0.2, 0.25) is 0 Å². The fraction of sp³-hybridized carbons (Fsp3) is 0.714. The lowest BCUT2D eigenvalue weighted by molar-refractivity contribution is 0.578. The Hall–Kier alpha value is -1.32. The van der Waals surface area contributed by atoms with Gasteiger partial charge in [-0.15, -0.1) is 0 Å². The van der Waals surface area contributed by atoms with E-state index in [0.717, 1.165) is 42.0 Å². The van der Waals surface area contributed by atoms with Crippen molar-refractivity contribution < 1.29 is 0 Å². The van der Waals surface area contributed by atoms with Gasteiger partial charge in [0.1, 0.15) is 17.5 Å². The van der Waals surface area contributed by atoms with E-state index in [1.54, 1.807) is 0 Å². The fourth-order valence-electron chi connectivity index (χ4n) is 2.60. The summed E-state index contributed by atoms with van der Waals surface area (Å²) in [6.07, 6.45) is 5.49. The zero-order chi connectivity index (χ0) is 13.0. The zero-order valence-electron chi connectivity index (χ0n) is 11.7. The number of aryl methyl sites for hydroxylation is 1. The molecule has 4 nitrogen and oxygen atoms in total. The Kier molecular flexibility index (Phi) is 4.39. The normalized spacial score (nSPS) is 15.9. The first-order valence-corrected chi connectivity index (χ1v) is 7.03. The number of rotatable bonds is 5. The molecular weight excluding hydrogens is 224 g/mol. The van der Waals surface area contributed by atoms with Crippen LogP contribution in [0.15, 0.2) is 0 Å². The molecule has 1 heterocycles. The number of hydrogen-bond donors (Lipinski definition) is 2. The predicted octanol–water partition coefficient (Wildman–Crippen LogP) is 3.13. The Bertz CT molecular complexity index is 397. The molecule has 100 valence electrons. The van der Waals surface area contributed by atoms with Gasteiger partial charge in [-0.05, 0) is 39.5 Å². The molecule has 1 aliphatic rings. The van der Waals surface area contributed by atoms with E-state index in [4.69, 9.17) is 0 Å². The Morgan fingerprint density at radius 1 is 1.06 bits per heavy atom. The van der Waals surface area contributed by atoms with Crippen molar-refractivity contribution in [2.75, 3.05) is 23.7 Å². The number of nitrogens with zero attached hydrogens (tertiary/aromatic N) is 2. The molecule has 0 unspecified atom stereocenters. The Morgan fingerprint density at radius 2 is 1.67 bits per heavy atom. The van der Waals surface area contributed by atoms with E-state index < -0.39 is 0 Å². The summed E-state index contributed by atoms with van der Waals surface area (Å²) in [5.41, 5.74) is 1.13. The molecule has 1 aromatic heterocycles. The monoisotopic (exact) mass is 248 g/mol. The first-order valence-electron chi connectivity index (χ1n) is 7.03. The summed E-state index contributed by atoms with van der Waals surface area (Å²) in [5, 5.41) is 6.80. The van der Waals surface area contributed by atoms with Gasteiger partial charge < -0.3 is 10.6 Å². The highest BCUT2D eigenvalue weighted by Gasteiger charge is 2.16. The maximum Gasteiger partial charge on any atom is 0.134 e. The van der Waals surface area contributed by atoms with Crippen molar-refractivity contribution in [3.63, 3.8) is 0 Å². The van der Waals surface area contributed by atoms with Crippen LogP contribution in [0.3, 0.4) is 0 Å². The third-order valence-electron chi connectivity index (χ3n) is 3.63. The predicted molar refractivity (Wildman–Crippen MR) is 76.1 cm³/mol. The highest BCUT2D eigenvalue weighted by atomic mass is 15.1. The minimum Gasteiger partial charge on any atom is -0.370 e. The largest absolute Gasteiger partial charge is 0.370 e. The second kappa shape index (κ2) is 6.03. The average Bonchev–Trinajstić information content (AvgIpc) is 2.85. The molecule has 2 N–H and O–H groups in total. The summed E-state index contributed by atoms with van der Waals surface area (Å²) in [6.45, 7) is 8.04. The zero-order valence-corrected chi connectivity index (χ0v) is 11.7. The van der Waals surface area contributed by atoms with Crippen LogP contribution in [-0.2, 0) is 0 Å². The van der Waals surface area contributed by atoms with E-state index in [9.17, 15) is 0 Å². The molecule has 4 heteroatoms. The maximum atomic E-state index is 4.51. The number of hydrogen-bond acceptors (Lipinski definition) is 4. The standard InChI is InChI=1S/C14H24N4/c1-4-15-13-10(2)14(18-11(3)17-13)16-9-12-7-5-6-8-12/h12H,4-9H2,1-3H3,(H2,15,16,17,18). The summed E-state index contributed by atoms with van der Waals surface area (Å²) in [4.78, 5) is 8.96. The van der Waals surface area contributed by atoms with Gasteiger partial charge >= 0.3 is 0 Å². The van der Waals surface area contributed by atoms with Crippen molar-refractivity contribution in [2.24, 2.45) is 5.92 Å². The smallest absolute Gasteiger partial charge is 0.134 e. The number of aromatic nitrogens is 2. The van der Waals surface area contributed by atoms with Crippen molar-refractivity contribution in [1.29, 1.82) is 0 Å². The lowest BCUT2D eigenvalue weighted by atomic mass is 10.1. The Balaban J connectivity index is 2.06. The molecular formula is C14H24N4. The molecule has 0 radical (unpaired) electrons. The average molecular weight is 248 g/mol. The SMILES string of the molecule is CCNc1nc(C)nc(NCC2CCCC2)c1C. The van der Waals surface area contributed by atoms with Crippen LogP contribution >= 0.6 is 0 Å². The molecule has 0 atom stereocenters. The van der Waals surface area contributed by atoms with Crippen molar-refractivity contribution in [1.82, 2.24) is 9.97 Å². The van der Waals surface area contributed by atoms with Gasteiger partial charge in [-0.25, -0.2) is 9.97 Å². The van der Waals surface area contributed by atoms with Crippen LogP contribution in [0.5, 0.6) is 0 Å². The van der Waals surface area contributed by atoms with Crippen molar-refractivity contribution in [3.05, 3.63) is 11.4 Å². The minimum absolute atomic E-state index is 0.822. The summed E-state index contributed by atoms with van der Waals surface area (Å²) in [6, 6.07) is 0. The quantitative estimate of drug-likeness (QED) is 0.840. The second-order valence-corrected chi connectivity index (χ2v) is 5.15. The molecule has 1 aromatic rings. The van der Waals surface area contributed by atoms with E-state index in [0.29, 0.717) is 0 Å².